The number of halogens is 3. The average molecular weight is 352 g/mol. The number of hydrogen-bond acceptors (Lipinski definition) is 1. The van der Waals surface area contributed by atoms with Crippen molar-refractivity contribution in [2.45, 2.75) is 58.0 Å². The summed E-state index contributed by atoms with van der Waals surface area (Å²) in [5.41, 5.74) is 2.84. The van der Waals surface area contributed by atoms with Crippen LogP contribution in [0.2, 0.25) is 0 Å². The quantitative estimate of drug-likeness (QED) is 0.670. The fraction of sp³-hybridized carbons (Fsp3) is 0.600. The molecule has 2 aromatic rings. The second-order valence-electron chi connectivity index (χ2n) is 7.05. The van der Waals surface area contributed by atoms with Crippen molar-refractivity contribution in [3.63, 3.8) is 0 Å². The van der Waals surface area contributed by atoms with Crippen LogP contribution < -0.4 is 0 Å². The Labute approximate surface area is 147 Å². The molecule has 2 nitrogen and oxygen atoms in total. The van der Waals surface area contributed by atoms with E-state index in [1.807, 2.05) is 6.07 Å². The zero-order valence-electron chi connectivity index (χ0n) is 15.1. The van der Waals surface area contributed by atoms with Gasteiger partial charge in [-0.15, -0.1) is 0 Å². The van der Waals surface area contributed by atoms with Crippen molar-refractivity contribution in [2.24, 2.45) is 0 Å². The van der Waals surface area contributed by atoms with Gasteiger partial charge in [0, 0.05) is 17.6 Å². The lowest BCUT2D eigenvalue weighted by atomic mass is 9.85. The van der Waals surface area contributed by atoms with Gasteiger partial charge in [0.1, 0.15) is 0 Å². The molecule has 5 heteroatoms. The Kier molecular flexibility index (Phi) is 5.42. The average Bonchev–Trinajstić information content (AvgIpc) is 3.06. The Morgan fingerprint density at radius 3 is 2.52 bits per heavy atom. The molecule has 1 aromatic heterocycles. The van der Waals surface area contributed by atoms with Crippen LogP contribution >= 0.6 is 0 Å². The first kappa shape index (κ1) is 18.3. The highest BCUT2D eigenvalue weighted by Gasteiger charge is 2.33. The number of rotatable bonds is 7. The molecule has 0 aliphatic heterocycles. The van der Waals surface area contributed by atoms with E-state index >= 15 is 0 Å². The van der Waals surface area contributed by atoms with E-state index in [0.717, 1.165) is 55.1 Å². The van der Waals surface area contributed by atoms with Crippen LogP contribution in [0.25, 0.3) is 10.9 Å². The zero-order chi connectivity index (χ0) is 18.0. The summed E-state index contributed by atoms with van der Waals surface area (Å²) in [5.74, 6) is 0. The van der Waals surface area contributed by atoms with Gasteiger partial charge in [-0.25, -0.2) is 4.39 Å². The molecule has 0 spiro atoms. The molecule has 1 heterocycles. The first-order chi connectivity index (χ1) is 12.0. The van der Waals surface area contributed by atoms with Gasteiger partial charge in [0.05, 0.1) is 5.52 Å². The molecule has 1 aliphatic carbocycles. The number of nitrogens with zero attached hydrogens (tertiary/aromatic N) is 2. The standard InChI is InChI=1S/C20H27F3N2/c1-3-10-24(11-4-2)16-7-5-15-6-8-19-17(18(15)13-16)9-12-25(19)20(22,23)14-21/h6,8-9,12,16H,3-5,7,10-11,13-14H2,1-2H3. The highest BCUT2D eigenvalue weighted by atomic mass is 19.3. The van der Waals surface area contributed by atoms with Gasteiger partial charge < -0.3 is 4.90 Å². The number of hydrogen-bond donors (Lipinski definition) is 0. The number of fused-ring (bicyclic) bond motifs is 3. The van der Waals surface area contributed by atoms with E-state index < -0.39 is 12.7 Å². The summed E-state index contributed by atoms with van der Waals surface area (Å²) in [6.07, 6.45) is 6.53. The van der Waals surface area contributed by atoms with E-state index in [-0.39, 0.29) is 0 Å². The van der Waals surface area contributed by atoms with Gasteiger partial charge in [-0.05, 0) is 68.5 Å². The van der Waals surface area contributed by atoms with Crippen molar-refractivity contribution in [2.75, 3.05) is 19.8 Å². The summed E-state index contributed by atoms with van der Waals surface area (Å²) in [7, 11) is 0. The SMILES string of the molecule is CCCN(CCC)C1CCc2ccc3c(ccn3C(F)(F)CF)c2C1. The molecule has 0 radical (unpaired) electrons. The minimum absolute atomic E-state index is 0.430. The molecule has 1 aromatic carbocycles. The van der Waals surface area contributed by atoms with E-state index in [9.17, 15) is 13.2 Å². The number of benzene rings is 1. The molecule has 0 amide bonds. The minimum Gasteiger partial charge on any atom is -0.300 e. The summed E-state index contributed by atoms with van der Waals surface area (Å²) in [4.78, 5) is 2.54. The predicted octanol–water partition coefficient (Wildman–Crippen LogP) is 5.14. The molecule has 0 saturated carbocycles. The first-order valence-corrected chi connectivity index (χ1v) is 9.32. The summed E-state index contributed by atoms with van der Waals surface area (Å²) >= 11 is 0. The topological polar surface area (TPSA) is 8.17 Å². The first-order valence-electron chi connectivity index (χ1n) is 9.32. The van der Waals surface area contributed by atoms with E-state index in [0.29, 0.717) is 11.6 Å². The normalized spacial score (nSPS) is 18.1. The van der Waals surface area contributed by atoms with Crippen LogP contribution in [0.15, 0.2) is 24.4 Å². The van der Waals surface area contributed by atoms with Crippen LogP contribution in [-0.2, 0) is 18.9 Å². The van der Waals surface area contributed by atoms with E-state index in [2.05, 4.69) is 18.7 Å². The van der Waals surface area contributed by atoms with Crippen LogP contribution in [0.5, 0.6) is 0 Å². The molecular weight excluding hydrogens is 325 g/mol. The van der Waals surface area contributed by atoms with Crippen molar-refractivity contribution in [1.29, 1.82) is 0 Å². The summed E-state index contributed by atoms with van der Waals surface area (Å²) in [5, 5.41) is 0.850. The third-order valence-corrected chi connectivity index (χ3v) is 5.32. The molecule has 0 N–H and O–H groups in total. The molecule has 25 heavy (non-hydrogen) atoms. The largest absolute Gasteiger partial charge is 0.357 e. The summed E-state index contributed by atoms with van der Waals surface area (Å²) < 4.78 is 41.3. The van der Waals surface area contributed by atoms with Gasteiger partial charge in [0.25, 0.3) is 0 Å². The molecule has 1 unspecified atom stereocenters. The van der Waals surface area contributed by atoms with Crippen molar-refractivity contribution >= 4 is 10.9 Å². The lowest BCUT2D eigenvalue weighted by Crippen LogP contribution is -2.40. The van der Waals surface area contributed by atoms with Crippen LogP contribution in [0.3, 0.4) is 0 Å². The second kappa shape index (κ2) is 7.40. The molecule has 3 rings (SSSR count). The Balaban J connectivity index is 1.96. The van der Waals surface area contributed by atoms with Crippen molar-refractivity contribution in [1.82, 2.24) is 9.47 Å². The lowest BCUT2D eigenvalue weighted by Gasteiger charge is -2.35. The van der Waals surface area contributed by atoms with E-state index in [1.165, 1.54) is 17.3 Å². The van der Waals surface area contributed by atoms with E-state index in [1.54, 1.807) is 12.1 Å². The smallest absolute Gasteiger partial charge is 0.300 e. The van der Waals surface area contributed by atoms with Gasteiger partial charge in [-0.1, -0.05) is 19.9 Å². The highest BCUT2D eigenvalue weighted by molar-refractivity contribution is 5.85. The van der Waals surface area contributed by atoms with Crippen molar-refractivity contribution in [3.05, 3.63) is 35.5 Å². The Morgan fingerprint density at radius 2 is 1.88 bits per heavy atom. The van der Waals surface area contributed by atoms with Gasteiger partial charge >= 0.3 is 6.05 Å². The number of aryl methyl sites for hydroxylation is 1. The number of aromatic nitrogens is 1. The zero-order valence-corrected chi connectivity index (χ0v) is 15.1. The fourth-order valence-electron chi connectivity index (χ4n) is 4.17. The molecule has 138 valence electrons. The van der Waals surface area contributed by atoms with Crippen LogP contribution in [-0.4, -0.2) is 35.3 Å². The van der Waals surface area contributed by atoms with Crippen molar-refractivity contribution in [3.8, 4) is 0 Å². The third-order valence-electron chi connectivity index (χ3n) is 5.32. The Bertz CT molecular complexity index is 717. The third kappa shape index (κ3) is 3.43. The number of alkyl halides is 3. The predicted molar refractivity (Wildman–Crippen MR) is 96.1 cm³/mol. The summed E-state index contributed by atoms with van der Waals surface area (Å²) in [6, 6.07) is 2.37. The maximum atomic E-state index is 13.9. The van der Waals surface area contributed by atoms with Crippen LogP contribution in [0.1, 0.15) is 44.2 Å². The van der Waals surface area contributed by atoms with Crippen LogP contribution in [0, 0.1) is 0 Å². The highest BCUT2D eigenvalue weighted by Crippen LogP contribution is 2.35. The summed E-state index contributed by atoms with van der Waals surface area (Å²) in [6.45, 7) is 4.85. The van der Waals surface area contributed by atoms with Gasteiger partial charge in [0.15, 0.2) is 6.67 Å². The maximum absolute atomic E-state index is 13.9. The molecule has 1 aliphatic rings. The Morgan fingerprint density at radius 1 is 1.16 bits per heavy atom. The van der Waals surface area contributed by atoms with Crippen LogP contribution in [0.4, 0.5) is 13.2 Å². The maximum Gasteiger partial charge on any atom is 0.357 e. The monoisotopic (exact) mass is 352 g/mol. The van der Waals surface area contributed by atoms with Gasteiger partial charge in [0.2, 0.25) is 0 Å². The minimum atomic E-state index is -3.49. The molecule has 0 saturated heterocycles. The lowest BCUT2D eigenvalue weighted by molar-refractivity contribution is -0.0953. The van der Waals surface area contributed by atoms with E-state index in [4.69, 9.17) is 0 Å². The second-order valence-corrected chi connectivity index (χ2v) is 7.05. The Hall–Kier alpha value is -1.49. The molecular formula is C20H27F3N2. The molecule has 0 bridgehead atoms. The molecule has 1 atom stereocenters. The van der Waals surface area contributed by atoms with Gasteiger partial charge in [-0.3, -0.25) is 4.57 Å². The van der Waals surface area contributed by atoms with Gasteiger partial charge in [-0.2, -0.15) is 8.78 Å². The van der Waals surface area contributed by atoms with Crippen molar-refractivity contribution < 1.29 is 13.2 Å². The fourth-order valence-corrected chi connectivity index (χ4v) is 4.17. The molecule has 0 fully saturated rings.